The van der Waals surface area contributed by atoms with E-state index >= 15 is 0 Å². The molecule has 3 N–H and O–H groups in total. The van der Waals surface area contributed by atoms with Crippen LogP contribution in [-0.2, 0) is 6.42 Å². The minimum absolute atomic E-state index is 0.0199. The second kappa shape index (κ2) is 6.50. The molecule has 0 saturated heterocycles. The Morgan fingerprint density at radius 3 is 2.70 bits per heavy atom. The maximum absolute atomic E-state index is 13.3. The molecule has 0 heterocycles. The molecule has 0 aliphatic carbocycles. The molecule has 0 fully saturated rings. The van der Waals surface area contributed by atoms with Gasteiger partial charge < -0.3 is 11.1 Å². The number of halogens is 2. The maximum atomic E-state index is 13.3. The van der Waals surface area contributed by atoms with Crippen LogP contribution in [0.25, 0.3) is 0 Å². The predicted octanol–water partition coefficient (Wildman–Crippen LogP) is 3.23. The number of hydrogen-bond acceptors (Lipinski definition) is 2. The van der Waals surface area contributed by atoms with Crippen molar-refractivity contribution in [1.82, 2.24) is 0 Å². The van der Waals surface area contributed by atoms with E-state index in [1.807, 2.05) is 12.1 Å². The highest BCUT2D eigenvalue weighted by Gasteiger charge is 2.11. The summed E-state index contributed by atoms with van der Waals surface area (Å²) < 4.78 is 13.3. The Balaban J connectivity index is 2.21. The number of nitrogens with one attached hydrogen (secondary N) is 1. The largest absolute Gasteiger partial charge is 0.330 e. The normalized spacial score (nSPS) is 10.3. The van der Waals surface area contributed by atoms with Gasteiger partial charge in [0.25, 0.3) is 5.91 Å². The van der Waals surface area contributed by atoms with Gasteiger partial charge in [0, 0.05) is 11.3 Å². The molecular weight excluding hydrogens is 279 g/mol. The van der Waals surface area contributed by atoms with Crippen molar-refractivity contribution in [1.29, 1.82) is 0 Å². The fraction of sp³-hybridized carbons (Fsp3) is 0.133. The average Bonchev–Trinajstić information content (AvgIpc) is 2.44. The molecule has 0 spiro atoms. The summed E-state index contributed by atoms with van der Waals surface area (Å²) in [5.41, 5.74) is 7.28. The number of rotatable bonds is 4. The van der Waals surface area contributed by atoms with Crippen molar-refractivity contribution >= 4 is 23.2 Å². The molecule has 0 unspecified atom stereocenters. The van der Waals surface area contributed by atoms with E-state index in [0.717, 1.165) is 5.56 Å². The lowest BCUT2D eigenvalue weighted by atomic mass is 10.0. The summed E-state index contributed by atoms with van der Waals surface area (Å²) in [7, 11) is 0. The van der Waals surface area contributed by atoms with E-state index < -0.39 is 5.82 Å². The number of anilines is 1. The molecule has 0 aromatic heterocycles. The Morgan fingerprint density at radius 1 is 1.25 bits per heavy atom. The van der Waals surface area contributed by atoms with Crippen LogP contribution in [0.15, 0.2) is 42.5 Å². The van der Waals surface area contributed by atoms with Gasteiger partial charge in [0.15, 0.2) is 0 Å². The summed E-state index contributed by atoms with van der Waals surface area (Å²) in [5.74, 6) is -0.865. The summed E-state index contributed by atoms with van der Waals surface area (Å²) in [5, 5.41) is 2.67. The van der Waals surface area contributed by atoms with Gasteiger partial charge in [0.1, 0.15) is 5.82 Å². The minimum atomic E-state index is -0.570. The highest BCUT2D eigenvalue weighted by atomic mass is 35.5. The smallest absolute Gasteiger partial charge is 0.255 e. The molecule has 104 valence electrons. The molecule has 2 aromatic carbocycles. The molecule has 2 rings (SSSR count). The molecule has 0 saturated carbocycles. The highest BCUT2D eigenvalue weighted by molar-refractivity contribution is 6.30. The van der Waals surface area contributed by atoms with Crippen molar-refractivity contribution in [3.63, 3.8) is 0 Å². The number of benzene rings is 2. The van der Waals surface area contributed by atoms with Gasteiger partial charge in [0.2, 0.25) is 0 Å². The number of carbonyl (C=O) groups excluding carboxylic acids is 1. The van der Waals surface area contributed by atoms with Crippen molar-refractivity contribution in [3.8, 4) is 0 Å². The lowest BCUT2D eigenvalue weighted by Gasteiger charge is -2.10. The van der Waals surface area contributed by atoms with Crippen molar-refractivity contribution in [3.05, 3.63) is 64.4 Å². The summed E-state index contributed by atoms with van der Waals surface area (Å²) in [6.07, 6.45) is 0.610. The van der Waals surface area contributed by atoms with Crippen molar-refractivity contribution < 1.29 is 9.18 Å². The van der Waals surface area contributed by atoms with Gasteiger partial charge in [-0.3, -0.25) is 4.79 Å². The van der Waals surface area contributed by atoms with Crippen LogP contribution in [0.2, 0.25) is 5.02 Å². The van der Waals surface area contributed by atoms with Gasteiger partial charge in [-0.15, -0.1) is 0 Å². The van der Waals surface area contributed by atoms with Crippen LogP contribution in [0.3, 0.4) is 0 Å². The lowest BCUT2D eigenvalue weighted by Crippen LogP contribution is -2.16. The number of carbonyl (C=O) groups is 1. The van der Waals surface area contributed by atoms with Gasteiger partial charge in [-0.1, -0.05) is 29.8 Å². The van der Waals surface area contributed by atoms with Crippen molar-refractivity contribution in [2.24, 2.45) is 5.73 Å². The van der Waals surface area contributed by atoms with E-state index in [2.05, 4.69) is 5.32 Å². The second-order valence-electron chi connectivity index (χ2n) is 4.28. The average molecular weight is 293 g/mol. The van der Waals surface area contributed by atoms with E-state index in [-0.39, 0.29) is 10.9 Å². The van der Waals surface area contributed by atoms with Crippen LogP contribution in [0.1, 0.15) is 15.9 Å². The van der Waals surface area contributed by atoms with Crippen molar-refractivity contribution in [2.75, 3.05) is 11.9 Å². The SMILES string of the molecule is NCCc1ccccc1C(=O)Nc1ccc(Cl)c(F)c1. The number of amides is 1. The summed E-state index contributed by atoms with van der Waals surface area (Å²) >= 11 is 5.60. The van der Waals surface area contributed by atoms with E-state index in [1.54, 1.807) is 18.2 Å². The third-order valence-electron chi connectivity index (χ3n) is 2.85. The second-order valence-corrected chi connectivity index (χ2v) is 4.69. The lowest BCUT2D eigenvalue weighted by molar-refractivity contribution is 0.102. The van der Waals surface area contributed by atoms with Gasteiger partial charge in [-0.25, -0.2) is 4.39 Å². The first-order valence-corrected chi connectivity index (χ1v) is 6.54. The first-order chi connectivity index (χ1) is 9.61. The number of nitrogens with two attached hydrogens (primary N) is 1. The Hall–Kier alpha value is -1.91. The third-order valence-corrected chi connectivity index (χ3v) is 3.16. The fourth-order valence-electron chi connectivity index (χ4n) is 1.89. The topological polar surface area (TPSA) is 55.1 Å². The zero-order valence-corrected chi connectivity index (χ0v) is 11.5. The van der Waals surface area contributed by atoms with E-state index in [1.165, 1.54) is 12.1 Å². The molecule has 1 amide bonds. The molecular formula is C15H14ClFN2O. The summed E-state index contributed by atoms with van der Waals surface area (Å²) in [6, 6.07) is 11.3. The first kappa shape index (κ1) is 14.5. The quantitative estimate of drug-likeness (QED) is 0.909. The zero-order chi connectivity index (χ0) is 14.5. The molecule has 0 aliphatic heterocycles. The van der Waals surface area contributed by atoms with Crippen LogP contribution in [-0.4, -0.2) is 12.5 Å². The Labute approximate surface area is 121 Å². The van der Waals surface area contributed by atoms with E-state index in [0.29, 0.717) is 24.2 Å². The van der Waals surface area contributed by atoms with Crippen LogP contribution >= 0.6 is 11.6 Å². The molecule has 0 radical (unpaired) electrons. The molecule has 20 heavy (non-hydrogen) atoms. The monoisotopic (exact) mass is 292 g/mol. The Kier molecular flexibility index (Phi) is 4.71. The van der Waals surface area contributed by atoms with Gasteiger partial charge in [0.05, 0.1) is 5.02 Å². The van der Waals surface area contributed by atoms with Crippen LogP contribution < -0.4 is 11.1 Å². The standard InChI is InChI=1S/C15H14ClFN2O/c16-13-6-5-11(9-14(13)17)19-15(20)12-4-2-1-3-10(12)7-8-18/h1-6,9H,7-8,18H2,(H,19,20). The van der Waals surface area contributed by atoms with Crippen LogP contribution in [0.5, 0.6) is 0 Å². The van der Waals surface area contributed by atoms with E-state index in [9.17, 15) is 9.18 Å². The van der Waals surface area contributed by atoms with E-state index in [4.69, 9.17) is 17.3 Å². The van der Waals surface area contributed by atoms with Crippen LogP contribution in [0, 0.1) is 5.82 Å². The first-order valence-electron chi connectivity index (χ1n) is 6.16. The molecule has 3 nitrogen and oxygen atoms in total. The Bertz CT molecular complexity index is 631. The molecule has 0 bridgehead atoms. The Morgan fingerprint density at radius 2 is 2.00 bits per heavy atom. The van der Waals surface area contributed by atoms with Crippen LogP contribution in [0.4, 0.5) is 10.1 Å². The maximum Gasteiger partial charge on any atom is 0.255 e. The predicted molar refractivity (Wildman–Crippen MR) is 78.6 cm³/mol. The highest BCUT2D eigenvalue weighted by Crippen LogP contribution is 2.20. The van der Waals surface area contributed by atoms with Gasteiger partial charge in [-0.2, -0.15) is 0 Å². The summed E-state index contributed by atoms with van der Waals surface area (Å²) in [4.78, 5) is 12.2. The molecule has 5 heteroatoms. The number of hydrogen-bond donors (Lipinski definition) is 2. The van der Waals surface area contributed by atoms with Gasteiger partial charge >= 0.3 is 0 Å². The molecule has 2 aromatic rings. The molecule has 0 atom stereocenters. The zero-order valence-electron chi connectivity index (χ0n) is 10.7. The minimum Gasteiger partial charge on any atom is -0.330 e. The summed E-state index contributed by atoms with van der Waals surface area (Å²) in [6.45, 7) is 0.458. The van der Waals surface area contributed by atoms with Gasteiger partial charge in [-0.05, 0) is 42.8 Å². The third kappa shape index (κ3) is 3.35. The fourth-order valence-corrected chi connectivity index (χ4v) is 2.01. The van der Waals surface area contributed by atoms with Crippen molar-refractivity contribution in [2.45, 2.75) is 6.42 Å². The molecule has 0 aliphatic rings.